The van der Waals surface area contributed by atoms with E-state index >= 15 is 0 Å². The van der Waals surface area contributed by atoms with Gasteiger partial charge in [-0.05, 0) is 67.5 Å². The summed E-state index contributed by atoms with van der Waals surface area (Å²) in [6.07, 6.45) is 1.19. The van der Waals surface area contributed by atoms with Gasteiger partial charge in [0.15, 0.2) is 0 Å². The molecule has 1 aliphatic heterocycles. The first-order valence-electron chi connectivity index (χ1n) is 7.51. The van der Waals surface area contributed by atoms with Crippen LogP contribution in [0.4, 0.5) is 0 Å². The van der Waals surface area contributed by atoms with Crippen molar-refractivity contribution in [2.75, 3.05) is 39.8 Å². The Morgan fingerprint density at radius 2 is 2.38 bits per heavy atom. The van der Waals surface area contributed by atoms with E-state index in [4.69, 9.17) is 0 Å². The van der Waals surface area contributed by atoms with E-state index < -0.39 is 0 Å². The zero-order valence-corrected chi connectivity index (χ0v) is 15.2. The zero-order chi connectivity index (χ0) is 15.2. The molecule has 2 heterocycles. The van der Waals surface area contributed by atoms with Gasteiger partial charge in [0.25, 0.3) is 0 Å². The van der Waals surface area contributed by atoms with E-state index in [0.29, 0.717) is 12.5 Å². The molecule has 118 valence electrons. The summed E-state index contributed by atoms with van der Waals surface area (Å²) in [5, 5.41) is 3.23. The molecule has 0 radical (unpaired) electrons. The van der Waals surface area contributed by atoms with Gasteiger partial charge < -0.3 is 10.2 Å². The van der Waals surface area contributed by atoms with Gasteiger partial charge >= 0.3 is 0 Å². The van der Waals surface area contributed by atoms with Gasteiger partial charge in [-0.15, -0.1) is 11.3 Å². The number of likely N-dealkylation sites (tertiary alicyclic amines) is 1. The van der Waals surface area contributed by atoms with Crippen LogP contribution in [0.5, 0.6) is 0 Å². The molecule has 0 spiro atoms. The number of carbonyl (C=O) groups is 1. The summed E-state index contributed by atoms with van der Waals surface area (Å²) in [4.78, 5) is 17.9. The Kier molecular flexibility index (Phi) is 6.67. The zero-order valence-electron chi connectivity index (χ0n) is 12.8. The minimum Gasteiger partial charge on any atom is -0.337 e. The van der Waals surface area contributed by atoms with Gasteiger partial charge in [-0.3, -0.25) is 9.69 Å². The quantitative estimate of drug-likeness (QED) is 0.796. The average Bonchev–Trinajstić information content (AvgIpc) is 3.06. The standard InChI is InChI=1S/C15H24BrN3OS/c1-3-19(10-13-4-5-14(16)21-13)15(20)11-18-7-6-12(9-18)8-17-2/h4-5,12,17H,3,6-11H2,1-2H3. The first-order chi connectivity index (χ1) is 10.1. The molecular formula is C15H24BrN3OS. The number of carbonyl (C=O) groups excluding carboxylic acids is 1. The maximum atomic E-state index is 12.5. The fourth-order valence-electron chi connectivity index (χ4n) is 2.80. The molecule has 1 saturated heterocycles. The van der Waals surface area contributed by atoms with E-state index in [0.717, 1.165) is 36.5 Å². The third kappa shape index (κ3) is 5.06. The first-order valence-corrected chi connectivity index (χ1v) is 9.12. The topological polar surface area (TPSA) is 35.6 Å². The highest BCUT2D eigenvalue weighted by atomic mass is 79.9. The molecule has 0 aliphatic carbocycles. The monoisotopic (exact) mass is 373 g/mol. The van der Waals surface area contributed by atoms with Crippen LogP contribution in [0.15, 0.2) is 15.9 Å². The summed E-state index contributed by atoms with van der Waals surface area (Å²) in [7, 11) is 1.99. The largest absolute Gasteiger partial charge is 0.337 e. The lowest BCUT2D eigenvalue weighted by atomic mass is 10.1. The molecule has 0 saturated carbocycles. The molecular weight excluding hydrogens is 350 g/mol. The highest BCUT2D eigenvalue weighted by Crippen LogP contribution is 2.23. The Labute approximate surface area is 139 Å². The van der Waals surface area contributed by atoms with Gasteiger partial charge in [0.2, 0.25) is 5.91 Å². The number of amides is 1. The maximum absolute atomic E-state index is 12.5. The smallest absolute Gasteiger partial charge is 0.237 e. The van der Waals surface area contributed by atoms with Crippen molar-refractivity contribution in [1.29, 1.82) is 0 Å². The molecule has 1 aliphatic rings. The van der Waals surface area contributed by atoms with Gasteiger partial charge in [-0.25, -0.2) is 0 Å². The summed E-state index contributed by atoms with van der Waals surface area (Å²) >= 11 is 5.17. The number of thiophene rings is 1. The Bertz CT molecular complexity index is 466. The van der Waals surface area contributed by atoms with Gasteiger partial charge in [-0.1, -0.05) is 0 Å². The molecule has 0 aromatic carbocycles. The van der Waals surface area contributed by atoms with Crippen molar-refractivity contribution in [3.63, 3.8) is 0 Å². The molecule has 1 N–H and O–H groups in total. The summed E-state index contributed by atoms with van der Waals surface area (Å²) in [5.41, 5.74) is 0. The molecule has 4 nitrogen and oxygen atoms in total. The lowest BCUT2D eigenvalue weighted by Crippen LogP contribution is -2.39. The summed E-state index contributed by atoms with van der Waals surface area (Å²) in [6, 6.07) is 4.13. The molecule has 21 heavy (non-hydrogen) atoms. The number of likely N-dealkylation sites (N-methyl/N-ethyl adjacent to an activating group) is 1. The van der Waals surface area contributed by atoms with Crippen molar-refractivity contribution in [3.05, 3.63) is 20.8 Å². The van der Waals surface area contributed by atoms with Gasteiger partial charge in [0.05, 0.1) is 16.9 Å². The van der Waals surface area contributed by atoms with Crippen molar-refractivity contribution in [1.82, 2.24) is 15.1 Å². The fraction of sp³-hybridized carbons (Fsp3) is 0.667. The van der Waals surface area contributed by atoms with E-state index in [1.165, 1.54) is 11.3 Å². The van der Waals surface area contributed by atoms with E-state index in [-0.39, 0.29) is 5.91 Å². The summed E-state index contributed by atoms with van der Waals surface area (Å²) in [6.45, 7) is 7.22. The van der Waals surface area contributed by atoms with Crippen LogP contribution in [0, 0.1) is 5.92 Å². The first kappa shape index (κ1) is 16.9. The minimum atomic E-state index is 0.243. The van der Waals surface area contributed by atoms with Crippen LogP contribution in [0.3, 0.4) is 0 Å². The summed E-state index contributed by atoms with van der Waals surface area (Å²) < 4.78 is 1.12. The SMILES string of the molecule is CCN(Cc1ccc(Br)s1)C(=O)CN1CCC(CNC)C1. The molecule has 1 amide bonds. The maximum Gasteiger partial charge on any atom is 0.237 e. The van der Waals surface area contributed by atoms with Gasteiger partial charge in [0.1, 0.15) is 0 Å². The van der Waals surface area contributed by atoms with Gasteiger partial charge in [0, 0.05) is 18.0 Å². The molecule has 0 bridgehead atoms. The molecule has 1 fully saturated rings. The van der Waals surface area contributed by atoms with Crippen molar-refractivity contribution in [3.8, 4) is 0 Å². The van der Waals surface area contributed by atoms with Gasteiger partial charge in [-0.2, -0.15) is 0 Å². The third-order valence-corrected chi connectivity index (χ3v) is 5.54. The predicted molar refractivity (Wildman–Crippen MR) is 91.6 cm³/mol. The van der Waals surface area contributed by atoms with E-state index in [1.807, 2.05) is 24.9 Å². The van der Waals surface area contributed by atoms with Crippen molar-refractivity contribution >= 4 is 33.2 Å². The summed E-state index contributed by atoms with van der Waals surface area (Å²) in [5.74, 6) is 0.929. The minimum absolute atomic E-state index is 0.243. The molecule has 1 unspecified atom stereocenters. The van der Waals surface area contributed by atoms with Crippen molar-refractivity contribution < 1.29 is 4.79 Å². The lowest BCUT2D eigenvalue weighted by molar-refractivity contribution is -0.132. The van der Waals surface area contributed by atoms with Crippen molar-refractivity contribution in [2.24, 2.45) is 5.92 Å². The number of halogens is 1. The predicted octanol–water partition coefficient (Wildman–Crippen LogP) is 2.40. The Balaban J connectivity index is 1.83. The molecule has 1 aromatic heterocycles. The van der Waals surface area contributed by atoms with Crippen molar-refractivity contribution in [2.45, 2.75) is 19.9 Å². The Morgan fingerprint density at radius 3 is 3.00 bits per heavy atom. The molecule has 6 heteroatoms. The molecule has 2 rings (SSSR count). The van der Waals surface area contributed by atoms with Crippen LogP contribution in [-0.2, 0) is 11.3 Å². The van der Waals surface area contributed by atoms with E-state index in [9.17, 15) is 4.79 Å². The Hall–Kier alpha value is -0.430. The Morgan fingerprint density at radius 1 is 1.57 bits per heavy atom. The number of nitrogens with one attached hydrogen (secondary N) is 1. The van der Waals surface area contributed by atoms with E-state index in [2.05, 4.69) is 32.2 Å². The lowest BCUT2D eigenvalue weighted by Gasteiger charge is -2.23. The van der Waals surface area contributed by atoms with Crippen LogP contribution in [0.25, 0.3) is 0 Å². The molecule has 1 atom stereocenters. The van der Waals surface area contributed by atoms with Crippen LogP contribution in [0.1, 0.15) is 18.2 Å². The van der Waals surface area contributed by atoms with Crippen LogP contribution in [0.2, 0.25) is 0 Å². The fourth-order valence-corrected chi connectivity index (χ4v) is 4.30. The second kappa shape index (κ2) is 8.27. The highest BCUT2D eigenvalue weighted by molar-refractivity contribution is 9.11. The third-order valence-electron chi connectivity index (χ3n) is 3.93. The van der Waals surface area contributed by atoms with Crippen LogP contribution < -0.4 is 5.32 Å². The average molecular weight is 374 g/mol. The number of nitrogens with zero attached hydrogens (tertiary/aromatic N) is 2. The number of hydrogen-bond donors (Lipinski definition) is 1. The van der Waals surface area contributed by atoms with Crippen LogP contribution >= 0.6 is 27.3 Å². The van der Waals surface area contributed by atoms with E-state index in [1.54, 1.807) is 11.3 Å². The normalized spacial score (nSPS) is 19.1. The number of rotatable bonds is 7. The second-order valence-corrected chi connectivity index (χ2v) is 8.11. The molecule has 1 aromatic rings. The highest BCUT2D eigenvalue weighted by Gasteiger charge is 2.25. The van der Waals surface area contributed by atoms with Crippen LogP contribution in [-0.4, -0.2) is 55.5 Å². The second-order valence-electron chi connectivity index (χ2n) is 5.56. The number of hydrogen-bond acceptors (Lipinski definition) is 4.